The van der Waals surface area contributed by atoms with Gasteiger partial charge in [-0.1, -0.05) is 44.2 Å². The van der Waals surface area contributed by atoms with E-state index in [2.05, 4.69) is 62.9 Å². The van der Waals surface area contributed by atoms with Crippen LogP contribution in [0.4, 0.5) is 0 Å². The highest BCUT2D eigenvalue weighted by atomic mass is 32.2. The molecule has 2 heteroatoms. The van der Waals surface area contributed by atoms with Crippen molar-refractivity contribution in [2.75, 3.05) is 6.61 Å². The van der Waals surface area contributed by atoms with E-state index in [1.54, 1.807) is 0 Å². The van der Waals surface area contributed by atoms with Crippen LogP contribution in [0, 0.1) is 5.92 Å². The molecule has 1 aromatic carbocycles. The van der Waals surface area contributed by atoms with Crippen LogP contribution in [0.3, 0.4) is 0 Å². The van der Waals surface area contributed by atoms with Crippen molar-refractivity contribution in [3.63, 3.8) is 0 Å². The lowest BCUT2D eigenvalue weighted by Gasteiger charge is -2.30. The van der Waals surface area contributed by atoms with Gasteiger partial charge in [-0.3, -0.25) is 0 Å². The smallest absolute Gasteiger partial charge is 0.0773 e. The minimum atomic E-state index is 0.0683. The fraction of sp³-hybridized carbons (Fsp3) is 0.600. The molecule has 0 saturated carbocycles. The topological polar surface area (TPSA) is 9.23 Å². The van der Waals surface area contributed by atoms with Gasteiger partial charge >= 0.3 is 0 Å². The number of benzene rings is 1. The third-order valence-electron chi connectivity index (χ3n) is 3.77. The normalized spacial score (nSPS) is 32.9. The van der Waals surface area contributed by atoms with E-state index in [0.717, 1.165) is 18.8 Å². The molecule has 1 heterocycles. The highest BCUT2D eigenvalue weighted by Crippen LogP contribution is 2.41. The molecule has 1 aliphatic rings. The molecule has 1 aromatic rings. The zero-order valence-electron chi connectivity index (χ0n) is 11.0. The summed E-state index contributed by atoms with van der Waals surface area (Å²) in [5.74, 6) is 1.75. The monoisotopic (exact) mass is 250 g/mol. The van der Waals surface area contributed by atoms with Crippen LogP contribution in [0.25, 0.3) is 0 Å². The maximum Gasteiger partial charge on any atom is 0.0773 e. The first-order valence-electron chi connectivity index (χ1n) is 6.45. The molecule has 1 fully saturated rings. The minimum Gasteiger partial charge on any atom is -0.374 e. The molecule has 0 radical (unpaired) electrons. The lowest BCUT2D eigenvalue weighted by molar-refractivity contribution is 0.0189. The first-order chi connectivity index (χ1) is 8.15. The highest BCUT2D eigenvalue weighted by molar-refractivity contribution is 7.99. The SMILES string of the molecule is CC[C@]1(C)OC[C@H](C)[C@H]1SCc1ccccc1. The minimum absolute atomic E-state index is 0.0683. The second-order valence-electron chi connectivity index (χ2n) is 5.17. The predicted octanol–water partition coefficient (Wildman–Crippen LogP) is 4.12. The molecule has 17 heavy (non-hydrogen) atoms. The average molecular weight is 250 g/mol. The molecule has 0 aromatic heterocycles. The van der Waals surface area contributed by atoms with Crippen molar-refractivity contribution < 1.29 is 4.74 Å². The van der Waals surface area contributed by atoms with Crippen LogP contribution in [-0.4, -0.2) is 17.5 Å². The first-order valence-corrected chi connectivity index (χ1v) is 7.50. The van der Waals surface area contributed by atoms with Gasteiger partial charge in [-0.25, -0.2) is 0 Å². The third kappa shape index (κ3) is 2.86. The number of hydrogen-bond acceptors (Lipinski definition) is 2. The van der Waals surface area contributed by atoms with E-state index in [1.807, 2.05) is 0 Å². The van der Waals surface area contributed by atoms with Crippen molar-refractivity contribution in [1.29, 1.82) is 0 Å². The maximum absolute atomic E-state index is 5.98. The van der Waals surface area contributed by atoms with Crippen LogP contribution >= 0.6 is 11.8 Å². The van der Waals surface area contributed by atoms with Gasteiger partial charge in [0.1, 0.15) is 0 Å². The van der Waals surface area contributed by atoms with Crippen molar-refractivity contribution in [2.45, 2.75) is 43.8 Å². The number of hydrogen-bond donors (Lipinski definition) is 0. The molecule has 1 nitrogen and oxygen atoms in total. The Balaban J connectivity index is 1.98. The van der Waals surface area contributed by atoms with E-state index >= 15 is 0 Å². The van der Waals surface area contributed by atoms with Crippen LogP contribution in [0.15, 0.2) is 30.3 Å². The molecular formula is C15H22OS. The van der Waals surface area contributed by atoms with Gasteiger partial charge in [-0.15, -0.1) is 0 Å². The molecule has 1 saturated heterocycles. The molecule has 0 bridgehead atoms. The second-order valence-corrected chi connectivity index (χ2v) is 6.30. The fourth-order valence-electron chi connectivity index (χ4n) is 2.50. The Hall–Kier alpha value is -0.470. The summed E-state index contributed by atoms with van der Waals surface area (Å²) >= 11 is 2.05. The van der Waals surface area contributed by atoms with Gasteiger partial charge in [0.25, 0.3) is 0 Å². The van der Waals surface area contributed by atoms with Crippen LogP contribution in [0.1, 0.15) is 32.8 Å². The van der Waals surface area contributed by atoms with E-state index < -0.39 is 0 Å². The number of thioether (sulfide) groups is 1. The molecule has 0 N–H and O–H groups in total. The number of ether oxygens (including phenoxy) is 1. The molecular weight excluding hydrogens is 228 g/mol. The van der Waals surface area contributed by atoms with Gasteiger partial charge in [0, 0.05) is 11.0 Å². The Labute approximate surface area is 109 Å². The van der Waals surface area contributed by atoms with Gasteiger partial charge in [-0.05, 0) is 24.8 Å². The Morgan fingerprint density at radius 1 is 1.35 bits per heavy atom. The summed E-state index contributed by atoms with van der Waals surface area (Å²) in [6.07, 6.45) is 1.10. The standard InChI is InChI=1S/C15H22OS/c1-4-15(3)14(12(2)10-16-15)17-11-13-8-6-5-7-9-13/h5-9,12,14H,4,10-11H2,1-3H3/t12-,14+,15-/m0/s1. The summed E-state index contributed by atoms with van der Waals surface area (Å²) in [6, 6.07) is 10.7. The quantitative estimate of drug-likeness (QED) is 0.795. The van der Waals surface area contributed by atoms with Crippen molar-refractivity contribution in [3.8, 4) is 0 Å². The molecule has 0 unspecified atom stereocenters. The fourth-order valence-corrected chi connectivity index (χ4v) is 4.06. The predicted molar refractivity (Wildman–Crippen MR) is 75.3 cm³/mol. The van der Waals surface area contributed by atoms with E-state index in [9.17, 15) is 0 Å². The molecule has 0 aliphatic carbocycles. The van der Waals surface area contributed by atoms with E-state index in [1.165, 1.54) is 5.56 Å². The van der Waals surface area contributed by atoms with Crippen LogP contribution in [0.2, 0.25) is 0 Å². The van der Waals surface area contributed by atoms with Crippen molar-refractivity contribution in [3.05, 3.63) is 35.9 Å². The molecule has 0 amide bonds. The lowest BCUT2D eigenvalue weighted by atomic mass is 9.94. The summed E-state index contributed by atoms with van der Waals surface area (Å²) < 4.78 is 5.98. The largest absolute Gasteiger partial charge is 0.374 e. The zero-order chi connectivity index (χ0) is 12.3. The summed E-state index contributed by atoms with van der Waals surface area (Å²) in [5.41, 5.74) is 1.48. The summed E-state index contributed by atoms with van der Waals surface area (Å²) in [4.78, 5) is 0. The first kappa shape index (κ1) is 13.0. The van der Waals surface area contributed by atoms with Gasteiger partial charge in [0.05, 0.1) is 12.2 Å². The second kappa shape index (κ2) is 5.45. The van der Waals surface area contributed by atoms with E-state index in [0.29, 0.717) is 11.2 Å². The Morgan fingerprint density at radius 2 is 2.06 bits per heavy atom. The summed E-state index contributed by atoms with van der Waals surface area (Å²) in [7, 11) is 0. The molecule has 94 valence electrons. The van der Waals surface area contributed by atoms with E-state index in [-0.39, 0.29) is 5.60 Å². The average Bonchev–Trinajstić information content (AvgIpc) is 2.65. The van der Waals surface area contributed by atoms with Crippen molar-refractivity contribution >= 4 is 11.8 Å². The number of rotatable bonds is 4. The molecule has 0 spiro atoms. The molecule has 1 aliphatic heterocycles. The Bertz CT molecular complexity index is 351. The zero-order valence-corrected chi connectivity index (χ0v) is 11.8. The van der Waals surface area contributed by atoms with Gasteiger partial charge in [-0.2, -0.15) is 11.8 Å². The van der Waals surface area contributed by atoms with E-state index in [4.69, 9.17) is 4.74 Å². The lowest BCUT2D eigenvalue weighted by Crippen LogP contribution is -2.35. The van der Waals surface area contributed by atoms with Crippen LogP contribution in [-0.2, 0) is 10.5 Å². The van der Waals surface area contributed by atoms with Crippen LogP contribution in [0.5, 0.6) is 0 Å². The Kier molecular flexibility index (Phi) is 4.16. The summed E-state index contributed by atoms with van der Waals surface area (Å²) in [6.45, 7) is 7.72. The molecule has 3 atom stereocenters. The molecule has 2 rings (SSSR count). The third-order valence-corrected chi connectivity index (χ3v) is 5.59. The van der Waals surface area contributed by atoms with Crippen LogP contribution < -0.4 is 0 Å². The van der Waals surface area contributed by atoms with Gasteiger partial charge in [0.2, 0.25) is 0 Å². The highest BCUT2D eigenvalue weighted by Gasteiger charge is 2.43. The van der Waals surface area contributed by atoms with Gasteiger partial charge in [0.15, 0.2) is 0 Å². The summed E-state index contributed by atoms with van der Waals surface area (Å²) in [5, 5.41) is 0.618. The Morgan fingerprint density at radius 3 is 2.71 bits per heavy atom. The maximum atomic E-state index is 5.98. The van der Waals surface area contributed by atoms with Crippen molar-refractivity contribution in [1.82, 2.24) is 0 Å². The van der Waals surface area contributed by atoms with Gasteiger partial charge < -0.3 is 4.74 Å². The van der Waals surface area contributed by atoms with Crippen molar-refractivity contribution in [2.24, 2.45) is 5.92 Å².